The molecule has 0 radical (unpaired) electrons. The predicted octanol–water partition coefficient (Wildman–Crippen LogP) is 4.88. The summed E-state index contributed by atoms with van der Waals surface area (Å²) >= 11 is 3.38. The smallest absolute Gasteiger partial charge is 0.258 e. The van der Waals surface area contributed by atoms with Crippen LogP contribution in [0.5, 0.6) is 0 Å². The van der Waals surface area contributed by atoms with Crippen LogP contribution in [0.25, 0.3) is 10.8 Å². The van der Waals surface area contributed by atoms with Gasteiger partial charge in [-0.1, -0.05) is 46.3 Å². The largest absolute Gasteiger partial charge is 0.311 e. The lowest BCUT2D eigenvalue weighted by atomic mass is 10.1. The summed E-state index contributed by atoms with van der Waals surface area (Å²) in [6, 6.07) is 21.6. The molecule has 1 amide bonds. The fourth-order valence-corrected chi connectivity index (χ4v) is 2.55. The highest BCUT2D eigenvalue weighted by Gasteiger charge is 2.13. The van der Waals surface area contributed by atoms with E-state index >= 15 is 0 Å². The number of benzene rings is 3. The third-order valence-corrected chi connectivity index (χ3v) is 4.04. The maximum absolute atomic E-state index is 12.5. The maximum Gasteiger partial charge on any atom is 0.258 e. The molecule has 3 aromatic carbocycles. The van der Waals surface area contributed by atoms with Crippen molar-refractivity contribution >= 4 is 38.3 Å². The Morgan fingerprint density at radius 3 is 2.29 bits per heavy atom. The fraction of sp³-hybridized carbons (Fsp3) is 0.0556. The second-order valence-electron chi connectivity index (χ2n) is 4.90. The normalized spacial score (nSPS) is 10.6. The summed E-state index contributed by atoms with van der Waals surface area (Å²) in [6.45, 7) is 0. The van der Waals surface area contributed by atoms with Crippen LogP contribution in [0.3, 0.4) is 0 Å². The summed E-state index contributed by atoms with van der Waals surface area (Å²) in [6.07, 6.45) is 0. The van der Waals surface area contributed by atoms with Crippen molar-refractivity contribution < 1.29 is 4.79 Å². The average Bonchev–Trinajstić information content (AvgIpc) is 2.54. The summed E-state index contributed by atoms with van der Waals surface area (Å²) in [7, 11) is 1.80. The van der Waals surface area contributed by atoms with Crippen LogP contribution in [0.4, 0.5) is 5.69 Å². The van der Waals surface area contributed by atoms with Crippen LogP contribution >= 0.6 is 15.9 Å². The zero-order valence-electron chi connectivity index (χ0n) is 11.6. The summed E-state index contributed by atoms with van der Waals surface area (Å²) in [4.78, 5) is 14.2. The molecule has 3 aromatic rings. The van der Waals surface area contributed by atoms with Gasteiger partial charge in [-0.2, -0.15) is 0 Å². The summed E-state index contributed by atoms with van der Waals surface area (Å²) in [5.41, 5.74) is 1.57. The van der Waals surface area contributed by atoms with Crippen LogP contribution in [0.15, 0.2) is 71.2 Å². The minimum atomic E-state index is -0.0159. The molecule has 0 fully saturated rings. The van der Waals surface area contributed by atoms with Crippen molar-refractivity contribution in [1.29, 1.82) is 0 Å². The lowest BCUT2D eigenvalue weighted by Crippen LogP contribution is -2.26. The number of carbonyl (C=O) groups excluding carboxylic acids is 1. The topological polar surface area (TPSA) is 20.3 Å². The van der Waals surface area contributed by atoms with Gasteiger partial charge in [-0.25, -0.2) is 0 Å². The molecular weight excluding hydrogens is 326 g/mol. The SMILES string of the molecule is CN(C(=O)c1ccc(Br)cc1)c1ccc2ccccc2c1. The van der Waals surface area contributed by atoms with Gasteiger partial charge in [-0.15, -0.1) is 0 Å². The maximum atomic E-state index is 12.5. The van der Waals surface area contributed by atoms with E-state index in [2.05, 4.69) is 28.1 Å². The third-order valence-electron chi connectivity index (χ3n) is 3.52. The Morgan fingerprint density at radius 2 is 1.57 bits per heavy atom. The number of rotatable bonds is 2. The predicted molar refractivity (Wildman–Crippen MR) is 90.8 cm³/mol. The Kier molecular flexibility index (Phi) is 3.76. The molecule has 3 rings (SSSR count). The van der Waals surface area contributed by atoms with Crippen LogP contribution in [-0.2, 0) is 0 Å². The molecule has 0 heterocycles. The first kappa shape index (κ1) is 13.8. The molecule has 0 aliphatic carbocycles. The number of hydrogen-bond donors (Lipinski definition) is 0. The van der Waals surface area contributed by atoms with Crippen LogP contribution < -0.4 is 4.90 Å². The fourth-order valence-electron chi connectivity index (χ4n) is 2.29. The molecule has 0 aliphatic heterocycles. The number of carbonyl (C=O) groups is 1. The van der Waals surface area contributed by atoms with Crippen LogP contribution in [0.1, 0.15) is 10.4 Å². The first-order chi connectivity index (χ1) is 10.1. The summed E-state index contributed by atoms with van der Waals surface area (Å²) in [5.74, 6) is -0.0159. The molecule has 0 aromatic heterocycles. The highest BCUT2D eigenvalue weighted by molar-refractivity contribution is 9.10. The van der Waals surface area contributed by atoms with Crippen molar-refractivity contribution in [3.63, 3.8) is 0 Å². The molecule has 0 saturated carbocycles. The van der Waals surface area contributed by atoms with Gasteiger partial charge in [0.1, 0.15) is 0 Å². The van der Waals surface area contributed by atoms with E-state index in [-0.39, 0.29) is 5.91 Å². The van der Waals surface area contributed by atoms with E-state index in [4.69, 9.17) is 0 Å². The summed E-state index contributed by atoms with van der Waals surface area (Å²) in [5, 5.41) is 2.30. The first-order valence-electron chi connectivity index (χ1n) is 6.67. The van der Waals surface area contributed by atoms with Gasteiger partial charge in [0.15, 0.2) is 0 Å². The molecular formula is C18H14BrNO. The molecule has 0 aliphatic rings. The van der Waals surface area contributed by atoms with Gasteiger partial charge in [-0.05, 0) is 47.2 Å². The number of halogens is 1. The average molecular weight is 340 g/mol. The Bertz CT molecular complexity index is 796. The van der Waals surface area contributed by atoms with Gasteiger partial charge in [0, 0.05) is 22.8 Å². The Balaban J connectivity index is 1.93. The van der Waals surface area contributed by atoms with Gasteiger partial charge in [-0.3, -0.25) is 4.79 Å². The number of nitrogens with zero attached hydrogens (tertiary/aromatic N) is 1. The van der Waals surface area contributed by atoms with E-state index < -0.39 is 0 Å². The minimum absolute atomic E-state index is 0.0159. The highest BCUT2D eigenvalue weighted by atomic mass is 79.9. The quantitative estimate of drug-likeness (QED) is 0.651. The molecule has 0 saturated heterocycles. The molecule has 2 nitrogen and oxygen atoms in total. The molecule has 0 unspecified atom stereocenters. The Labute approximate surface area is 132 Å². The van der Waals surface area contributed by atoms with Crippen molar-refractivity contribution in [2.24, 2.45) is 0 Å². The molecule has 0 bridgehead atoms. The number of fused-ring (bicyclic) bond motifs is 1. The lowest BCUT2D eigenvalue weighted by molar-refractivity contribution is 0.0993. The second-order valence-corrected chi connectivity index (χ2v) is 5.82. The van der Waals surface area contributed by atoms with Crippen molar-refractivity contribution in [3.8, 4) is 0 Å². The van der Waals surface area contributed by atoms with E-state index in [0.717, 1.165) is 15.5 Å². The zero-order valence-corrected chi connectivity index (χ0v) is 13.2. The summed E-state index contributed by atoms with van der Waals surface area (Å²) < 4.78 is 0.965. The van der Waals surface area contributed by atoms with Gasteiger partial charge >= 0.3 is 0 Å². The highest BCUT2D eigenvalue weighted by Crippen LogP contribution is 2.23. The van der Waals surface area contributed by atoms with Gasteiger partial charge in [0.2, 0.25) is 0 Å². The molecule has 0 atom stereocenters. The van der Waals surface area contributed by atoms with Crippen molar-refractivity contribution in [2.75, 3.05) is 11.9 Å². The van der Waals surface area contributed by atoms with E-state index in [0.29, 0.717) is 5.56 Å². The number of hydrogen-bond acceptors (Lipinski definition) is 1. The van der Waals surface area contributed by atoms with E-state index in [9.17, 15) is 4.79 Å². The zero-order chi connectivity index (χ0) is 14.8. The molecule has 104 valence electrons. The minimum Gasteiger partial charge on any atom is -0.311 e. The van der Waals surface area contributed by atoms with Crippen molar-refractivity contribution in [2.45, 2.75) is 0 Å². The van der Waals surface area contributed by atoms with Crippen LogP contribution in [0.2, 0.25) is 0 Å². The van der Waals surface area contributed by atoms with Gasteiger partial charge in [0.05, 0.1) is 0 Å². The number of amides is 1. The third kappa shape index (κ3) is 2.83. The van der Waals surface area contributed by atoms with Crippen molar-refractivity contribution in [1.82, 2.24) is 0 Å². The Morgan fingerprint density at radius 1 is 0.905 bits per heavy atom. The van der Waals surface area contributed by atoms with E-state index in [1.165, 1.54) is 5.39 Å². The lowest BCUT2D eigenvalue weighted by Gasteiger charge is -2.18. The monoisotopic (exact) mass is 339 g/mol. The number of anilines is 1. The van der Waals surface area contributed by atoms with Crippen molar-refractivity contribution in [3.05, 3.63) is 76.8 Å². The molecule has 0 spiro atoms. The van der Waals surface area contributed by atoms with E-state index in [1.54, 1.807) is 11.9 Å². The van der Waals surface area contributed by atoms with Crippen LogP contribution in [-0.4, -0.2) is 13.0 Å². The Hall–Kier alpha value is -2.13. The van der Waals surface area contributed by atoms with Gasteiger partial charge < -0.3 is 4.90 Å². The van der Waals surface area contributed by atoms with Crippen LogP contribution in [0, 0.1) is 0 Å². The van der Waals surface area contributed by atoms with E-state index in [1.807, 2.05) is 54.6 Å². The second kappa shape index (κ2) is 5.70. The first-order valence-corrected chi connectivity index (χ1v) is 7.47. The molecule has 21 heavy (non-hydrogen) atoms. The standard InChI is InChI=1S/C18H14BrNO/c1-20(18(21)14-6-9-16(19)10-7-14)17-11-8-13-4-2-3-5-15(13)12-17/h2-12H,1H3. The molecule has 0 N–H and O–H groups in total. The van der Waals surface area contributed by atoms with Gasteiger partial charge in [0.25, 0.3) is 5.91 Å². The molecule has 3 heteroatoms.